The zero-order valence-corrected chi connectivity index (χ0v) is 16.5. The molecule has 27 heavy (non-hydrogen) atoms. The number of hydrogen-bond acceptors (Lipinski definition) is 6. The van der Waals surface area contributed by atoms with E-state index < -0.39 is 0 Å². The normalized spacial score (nSPS) is 20.5. The van der Waals surface area contributed by atoms with Gasteiger partial charge in [0.05, 0.1) is 17.1 Å². The number of aromatic nitrogens is 6. The van der Waals surface area contributed by atoms with Crippen LogP contribution in [0.3, 0.4) is 0 Å². The number of aryl methyl sites for hydroxylation is 2. The first-order valence-corrected chi connectivity index (χ1v) is 10.7. The summed E-state index contributed by atoms with van der Waals surface area (Å²) >= 11 is 1.91. The van der Waals surface area contributed by atoms with Gasteiger partial charge < -0.3 is 4.90 Å². The van der Waals surface area contributed by atoms with Gasteiger partial charge in [0, 0.05) is 31.2 Å². The van der Waals surface area contributed by atoms with Crippen molar-refractivity contribution in [3.8, 4) is 10.7 Å². The summed E-state index contributed by atoms with van der Waals surface area (Å²) in [7, 11) is 2.09. The Labute approximate surface area is 163 Å². The lowest BCUT2D eigenvalue weighted by atomic mass is 10.1. The van der Waals surface area contributed by atoms with Crippen LogP contribution in [0.5, 0.6) is 0 Å². The van der Waals surface area contributed by atoms with Gasteiger partial charge in [0.25, 0.3) is 0 Å². The quantitative estimate of drug-likeness (QED) is 0.650. The minimum Gasteiger partial charge on any atom is -0.339 e. The molecule has 1 fully saturated rings. The third-order valence-corrected chi connectivity index (χ3v) is 7.05. The number of fused-ring (bicyclic) bond motifs is 1. The Kier molecular flexibility index (Phi) is 4.43. The van der Waals surface area contributed by atoms with Crippen molar-refractivity contribution in [3.63, 3.8) is 0 Å². The van der Waals surface area contributed by atoms with Crippen molar-refractivity contribution in [1.29, 1.82) is 0 Å². The van der Waals surface area contributed by atoms with Gasteiger partial charge in [-0.25, -0.2) is 4.68 Å². The third-order valence-electron chi connectivity index (χ3n) is 5.81. The summed E-state index contributed by atoms with van der Waals surface area (Å²) in [4.78, 5) is 5.15. The van der Waals surface area contributed by atoms with Crippen LogP contribution in [0.4, 0.5) is 5.95 Å². The molecule has 0 spiro atoms. The molecule has 1 saturated heterocycles. The summed E-state index contributed by atoms with van der Waals surface area (Å²) in [5, 5.41) is 17.3. The Hall–Kier alpha value is -2.22. The fourth-order valence-corrected chi connectivity index (χ4v) is 5.63. The Morgan fingerprint density at radius 1 is 1.11 bits per heavy atom. The van der Waals surface area contributed by atoms with E-state index in [0.717, 1.165) is 37.7 Å². The fraction of sp³-hybridized carbons (Fsp3) is 0.579. The van der Waals surface area contributed by atoms with E-state index in [9.17, 15) is 0 Å². The molecule has 0 saturated carbocycles. The topological polar surface area (TPSA) is 64.7 Å². The van der Waals surface area contributed by atoms with Crippen LogP contribution >= 0.6 is 11.3 Å². The van der Waals surface area contributed by atoms with Gasteiger partial charge in [0.2, 0.25) is 5.95 Å². The van der Waals surface area contributed by atoms with Crippen LogP contribution < -0.4 is 4.90 Å². The second-order valence-electron chi connectivity index (χ2n) is 7.63. The number of nitrogens with zero attached hydrogens (tertiary/aromatic N) is 7. The van der Waals surface area contributed by atoms with Gasteiger partial charge in [-0.1, -0.05) is 11.6 Å². The summed E-state index contributed by atoms with van der Waals surface area (Å²) in [5.41, 5.74) is 1.53. The van der Waals surface area contributed by atoms with Crippen molar-refractivity contribution >= 4 is 17.3 Å². The molecule has 5 rings (SSSR count). The molecule has 1 aliphatic heterocycles. The third kappa shape index (κ3) is 3.16. The van der Waals surface area contributed by atoms with E-state index in [1.165, 1.54) is 42.5 Å². The summed E-state index contributed by atoms with van der Waals surface area (Å²) in [6.45, 7) is 1.91. The predicted octanol–water partition coefficient (Wildman–Crippen LogP) is 3.25. The Balaban J connectivity index is 1.40. The first-order valence-electron chi connectivity index (χ1n) is 9.91. The maximum absolute atomic E-state index is 4.56. The monoisotopic (exact) mass is 383 g/mol. The second-order valence-corrected chi connectivity index (χ2v) is 8.76. The van der Waals surface area contributed by atoms with E-state index in [-0.39, 0.29) is 0 Å². The fourth-order valence-electron chi connectivity index (χ4n) is 4.35. The van der Waals surface area contributed by atoms with Crippen molar-refractivity contribution in [2.75, 3.05) is 18.0 Å². The van der Waals surface area contributed by atoms with Crippen LogP contribution in [-0.2, 0) is 19.9 Å². The van der Waals surface area contributed by atoms with Crippen LogP contribution in [0.1, 0.15) is 48.6 Å². The van der Waals surface area contributed by atoms with Crippen LogP contribution in [-0.4, -0.2) is 42.8 Å². The van der Waals surface area contributed by atoms with Gasteiger partial charge in [-0.05, 0) is 50.2 Å². The van der Waals surface area contributed by atoms with Crippen molar-refractivity contribution in [1.82, 2.24) is 29.8 Å². The standard InChI is InChI=1S/C19H25N7S/c1-24-18(17-12-14-6-3-2-4-8-16(14)27-17)21-22-19(24)25-10-5-7-15(13-25)26-11-9-20-23-26/h9,11-12,15H,2-8,10,13H2,1H3. The van der Waals surface area contributed by atoms with E-state index in [0.29, 0.717) is 6.04 Å². The molecular weight excluding hydrogens is 358 g/mol. The average Bonchev–Trinajstić information content (AvgIpc) is 3.40. The zero-order valence-electron chi connectivity index (χ0n) is 15.7. The maximum atomic E-state index is 4.56. The first-order chi connectivity index (χ1) is 13.3. The van der Waals surface area contributed by atoms with Gasteiger partial charge in [-0.3, -0.25) is 4.57 Å². The molecule has 4 heterocycles. The molecule has 3 aromatic rings. The SMILES string of the molecule is Cn1c(-c2cc3c(s2)CCCCC3)nnc1N1CCCC(n2ccnn2)C1. The van der Waals surface area contributed by atoms with Crippen LogP contribution in [0.25, 0.3) is 10.7 Å². The summed E-state index contributed by atoms with van der Waals surface area (Å²) < 4.78 is 4.13. The molecule has 0 N–H and O–H groups in total. The zero-order chi connectivity index (χ0) is 18.2. The molecule has 7 nitrogen and oxygen atoms in total. The minimum absolute atomic E-state index is 0.346. The lowest BCUT2D eigenvalue weighted by Crippen LogP contribution is -2.38. The molecule has 1 unspecified atom stereocenters. The number of piperidine rings is 1. The lowest BCUT2D eigenvalue weighted by Gasteiger charge is -2.32. The molecule has 1 atom stereocenters. The van der Waals surface area contributed by atoms with E-state index in [4.69, 9.17) is 0 Å². The highest BCUT2D eigenvalue weighted by Crippen LogP contribution is 2.35. The largest absolute Gasteiger partial charge is 0.339 e. The Bertz CT molecular complexity index is 887. The summed E-state index contributed by atoms with van der Waals surface area (Å²) in [6.07, 6.45) is 12.4. The van der Waals surface area contributed by atoms with Crippen LogP contribution in [0.15, 0.2) is 18.5 Å². The molecular formula is C19H25N7S. The molecule has 0 radical (unpaired) electrons. The number of thiophene rings is 1. The van der Waals surface area contributed by atoms with Crippen LogP contribution in [0, 0.1) is 0 Å². The Morgan fingerprint density at radius 3 is 2.93 bits per heavy atom. The highest BCUT2D eigenvalue weighted by atomic mass is 32.1. The molecule has 0 bridgehead atoms. The van der Waals surface area contributed by atoms with Crippen molar-refractivity contribution in [2.24, 2.45) is 7.05 Å². The van der Waals surface area contributed by atoms with Crippen LogP contribution in [0.2, 0.25) is 0 Å². The maximum Gasteiger partial charge on any atom is 0.227 e. The van der Waals surface area contributed by atoms with Gasteiger partial charge >= 0.3 is 0 Å². The smallest absolute Gasteiger partial charge is 0.227 e. The van der Waals surface area contributed by atoms with Gasteiger partial charge in [-0.2, -0.15) is 0 Å². The van der Waals surface area contributed by atoms with E-state index in [1.807, 2.05) is 22.2 Å². The minimum atomic E-state index is 0.346. The molecule has 1 aliphatic carbocycles. The van der Waals surface area contributed by atoms with Gasteiger partial charge in [0.1, 0.15) is 0 Å². The predicted molar refractivity (Wildman–Crippen MR) is 106 cm³/mol. The van der Waals surface area contributed by atoms with E-state index in [1.54, 1.807) is 11.1 Å². The number of hydrogen-bond donors (Lipinski definition) is 0. The average molecular weight is 384 g/mol. The van der Waals surface area contributed by atoms with Crippen molar-refractivity contribution < 1.29 is 0 Å². The van der Waals surface area contributed by atoms with Crippen molar-refractivity contribution in [2.45, 2.75) is 51.0 Å². The van der Waals surface area contributed by atoms with E-state index >= 15 is 0 Å². The van der Waals surface area contributed by atoms with Gasteiger partial charge in [-0.15, -0.1) is 26.6 Å². The first kappa shape index (κ1) is 16.9. The Morgan fingerprint density at radius 2 is 2.04 bits per heavy atom. The van der Waals surface area contributed by atoms with Gasteiger partial charge in [0.15, 0.2) is 5.82 Å². The highest BCUT2D eigenvalue weighted by Gasteiger charge is 2.26. The molecule has 3 aromatic heterocycles. The summed E-state index contributed by atoms with van der Waals surface area (Å²) in [6, 6.07) is 2.70. The lowest BCUT2D eigenvalue weighted by molar-refractivity contribution is 0.365. The molecule has 2 aliphatic rings. The highest BCUT2D eigenvalue weighted by molar-refractivity contribution is 7.15. The number of anilines is 1. The molecule has 0 amide bonds. The summed E-state index contributed by atoms with van der Waals surface area (Å²) in [5.74, 6) is 1.95. The second kappa shape index (κ2) is 7.07. The number of rotatable bonds is 3. The van der Waals surface area contributed by atoms with Crippen molar-refractivity contribution in [3.05, 3.63) is 28.9 Å². The molecule has 142 valence electrons. The molecule has 0 aromatic carbocycles. The van der Waals surface area contributed by atoms with E-state index in [2.05, 4.69) is 43.1 Å². The molecule has 8 heteroatoms.